The van der Waals surface area contributed by atoms with E-state index in [1.807, 2.05) is 36.9 Å². The van der Waals surface area contributed by atoms with Crippen molar-refractivity contribution < 1.29 is 78.4 Å². The van der Waals surface area contributed by atoms with Crippen LogP contribution in [-0.2, 0) is 11.3 Å². The van der Waals surface area contributed by atoms with Crippen LogP contribution in [0.1, 0.15) is 18.9 Å². The van der Waals surface area contributed by atoms with E-state index in [2.05, 4.69) is 31.2 Å². The summed E-state index contributed by atoms with van der Waals surface area (Å²) < 4.78 is 11.5. The molecule has 2 atom stereocenters. The molecule has 1 heterocycles. The number of hydrogen-bond acceptors (Lipinski definition) is 3. The third-order valence-corrected chi connectivity index (χ3v) is 4.44. The van der Waals surface area contributed by atoms with E-state index in [1.165, 1.54) is 10.5 Å². The van der Waals surface area contributed by atoms with Crippen molar-refractivity contribution in [3.63, 3.8) is 0 Å². The van der Waals surface area contributed by atoms with E-state index in [0.717, 1.165) is 12.2 Å². The SMILES string of the molecule is C[C@H]1[CH-]OC(Sc2cccc(OCc3ccccc3)c2)C1.[Cs+]. The van der Waals surface area contributed by atoms with Crippen LogP contribution < -0.4 is 73.6 Å². The van der Waals surface area contributed by atoms with Crippen LogP contribution in [-0.4, -0.2) is 5.44 Å². The van der Waals surface area contributed by atoms with Crippen molar-refractivity contribution in [2.24, 2.45) is 5.92 Å². The van der Waals surface area contributed by atoms with Gasteiger partial charge in [0.05, 0.1) is 5.44 Å². The van der Waals surface area contributed by atoms with E-state index < -0.39 is 0 Å². The molecule has 1 fully saturated rings. The zero-order valence-electron chi connectivity index (χ0n) is 13.1. The van der Waals surface area contributed by atoms with Gasteiger partial charge in [0.15, 0.2) is 0 Å². The Balaban J connectivity index is 0.00000176. The average molecular weight is 432 g/mol. The van der Waals surface area contributed by atoms with Crippen LogP contribution in [0.3, 0.4) is 0 Å². The first-order valence-corrected chi connectivity index (χ1v) is 8.10. The van der Waals surface area contributed by atoms with E-state index in [-0.39, 0.29) is 74.3 Å². The number of rotatable bonds is 5. The topological polar surface area (TPSA) is 18.5 Å². The summed E-state index contributed by atoms with van der Waals surface area (Å²) in [5.41, 5.74) is 1.41. The summed E-state index contributed by atoms with van der Waals surface area (Å²) in [4.78, 5) is 1.19. The van der Waals surface area contributed by atoms with Crippen LogP contribution in [0.4, 0.5) is 0 Å². The molecule has 3 rings (SSSR count). The Kier molecular flexibility index (Phi) is 8.43. The summed E-state index contributed by atoms with van der Waals surface area (Å²) in [6.45, 7) is 4.72. The summed E-state index contributed by atoms with van der Waals surface area (Å²) in [7, 11) is 0. The van der Waals surface area contributed by atoms with Gasteiger partial charge in [0.25, 0.3) is 0 Å². The normalized spacial score (nSPS) is 20.4. The molecule has 1 saturated heterocycles. The van der Waals surface area contributed by atoms with Gasteiger partial charge in [-0.2, -0.15) is 0 Å². The molecule has 1 aliphatic heterocycles. The quantitative estimate of drug-likeness (QED) is 0.673. The molecule has 0 saturated carbocycles. The van der Waals surface area contributed by atoms with Crippen molar-refractivity contribution in [3.8, 4) is 5.75 Å². The number of thioether (sulfide) groups is 1. The molecule has 4 heteroatoms. The van der Waals surface area contributed by atoms with Crippen molar-refractivity contribution in [2.45, 2.75) is 30.3 Å². The average Bonchev–Trinajstić information content (AvgIpc) is 2.92. The molecule has 0 amide bonds. The van der Waals surface area contributed by atoms with Crippen molar-refractivity contribution in [2.75, 3.05) is 0 Å². The van der Waals surface area contributed by atoms with Crippen LogP contribution in [0.15, 0.2) is 59.5 Å². The van der Waals surface area contributed by atoms with Crippen molar-refractivity contribution >= 4 is 11.8 Å². The first kappa shape index (κ1) is 18.9. The van der Waals surface area contributed by atoms with Crippen LogP contribution in [0, 0.1) is 12.5 Å². The third kappa shape index (κ3) is 5.91. The Morgan fingerprint density at radius 3 is 2.73 bits per heavy atom. The molecule has 0 radical (unpaired) electrons. The van der Waals surface area contributed by atoms with Gasteiger partial charge in [-0.25, -0.2) is 6.61 Å². The Morgan fingerprint density at radius 1 is 1.18 bits per heavy atom. The number of hydrogen-bond donors (Lipinski definition) is 0. The molecule has 2 aromatic carbocycles. The molecule has 2 nitrogen and oxygen atoms in total. The fourth-order valence-electron chi connectivity index (χ4n) is 2.24. The summed E-state index contributed by atoms with van der Waals surface area (Å²) in [6.07, 6.45) is 1.07. The van der Waals surface area contributed by atoms with E-state index in [0.29, 0.717) is 12.5 Å². The summed E-state index contributed by atoms with van der Waals surface area (Å²) in [5, 5.41) is 0. The smallest absolute Gasteiger partial charge is 0.542 e. The molecule has 1 aliphatic rings. The predicted molar refractivity (Wildman–Crippen MR) is 86.0 cm³/mol. The molecule has 0 spiro atoms. The van der Waals surface area contributed by atoms with Gasteiger partial charge in [0, 0.05) is 4.90 Å². The van der Waals surface area contributed by atoms with Gasteiger partial charge in [-0.15, -0.1) is 5.92 Å². The molecular weight excluding hydrogens is 413 g/mol. The molecule has 2 aromatic rings. The molecule has 1 unspecified atom stereocenters. The molecule has 0 aromatic heterocycles. The fourth-order valence-corrected chi connectivity index (χ4v) is 3.41. The molecular formula is C18H19CsO2S. The van der Waals surface area contributed by atoms with Crippen LogP contribution in [0.25, 0.3) is 0 Å². The molecule has 0 bridgehead atoms. The number of ether oxygens (including phenoxy) is 2. The van der Waals surface area contributed by atoms with Crippen LogP contribution in [0.5, 0.6) is 5.75 Å². The van der Waals surface area contributed by atoms with E-state index in [9.17, 15) is 0 Å². The third-order valence-electron chi connectivity index (χ3n) is 3.35. The summed E-state index contributed by atoms with van der Waals surface area (Å²) >= 11 is 1.76. The Hall–Kier alpha value is 0.602. The monoisotopic (exact) mass is 432 g/mol. The second kappa shape index (κ2) is 9.79. The van der Waals surface area contributed by atoms with E-state index in [1.54, 1.807) is 11.8 Å². The largest absolute Gasteiger partial charge is 1.00 e. The standard InChI is InChI=1S/C18H19O2S.Cs/c1-14-10-18(20-12-14)21-17-9-5-8-16(11-17)19-13-15-6-3-2-4-7-15;/h2-9,11-12,14,18H,10,13H2,1H3;/q-1;+1/t14-,18?;/m1./s1. The first-order valence-electron chi connectivity index (χ1n) is 7.22. The van der Waals surface area contributed by atoms with Crippen LogP contribution in [0.2, 0.25) is 0 Å². The minimum Gasteiger partial charge on any atom is -0.542 e. The maximum Gasteiger partial charge on any atom is 1.00 e. The predicted octanol–water partition coefficient (Wildman–Crippen LogP) is 1.91. The first-order chi connectivity index (χ1) is 10.3. The summed E-state index contributed by atoms with van der Waals surface area (Å²) in [6, 6.07) is 18.4. The van der Waals surface area contributed by atoms with Gasteiger partial charge in [0.2, 0.25) is 0 Å². The van der Waals surface area contributed by atoms with E-state index in [4.69, 9.17) is 9.47 Å². The van der Waals surface area contributed by atoms with E-state index >= 15 is 0 Å². The Morgan fingerprint density at radius 2 is 2.00 bits per heavy atom. The van der Waals surface area contributed by atoms with Gasteiger partial charge >= 0.3 is 68.9 Å². The maximum absolute atomic E-state index is 5.86. The Bertz CT molecular complexity index is 576. The fraction of sp³-hybridized carbons (Fsp3) is 0.278. The summed E-state index contributed by atoms with van der Waals surface area (Å²) in [5.74, 6) is 1.44. The second-order valence-electron chi connectivity index (χ2n) is 5.28. The molecule has 0 N–H and O–H groups in total. The zero-order chi connectivity index (χ0) is 14.5. The van der Waals surface area contributed by atoms with Crippen molar-refractivity contribution in [3.05, 3.63) is 66.8 Å². The van der Waals surface area contributed by atoms with Gasteiger partial charge in [-0.3, -0.25) is 0 Å². The van der Waals surface area contributed by atoms with Gasteiger partial charge in [-0.1, -0.05) is 55.1 Å². The van der Waals surface area contributed by atoms with Gasteiger partial charge in [-0.05, 0) is 30.2 Å². The second-order valence-corrected chi connectivity index (χ2v) is 6.51. The van der Waals surface area contributed by atoms with Crippen molar-refractivity contribution in [1.82, 2.24) is 0 Å². The molecule has 22 heavy (non-hydrogen) atoms. The molecule has 0 aliphatic carbocycles. The van der Waals surface area contributed by atoms with Crippen LogP contribution >= 0.6 is 11.8 Å². The molecule has 110 valence electrons. The van der Waals surface area contributed by atoms with Crippen molar-refractivity contribution in [1.29, 1.82) is 0 Å². The van der Waals surface area contributed by atoms with Gasteiger partial charge in [0.1, 0.15) is 12.4 Å². The minimum atomic E-state index is 0. The zero-order valence-corrected chi connectivity index (χ0v) is 20.2. The van der Waals surface area contributed by atoms with Gasteiger partial charge < -0.3 is 9.47 Å². The maximum atomic E-state index is 5.86. The number of benzene rings is 2. The Labute approximate surface area is 195 Å². The minimum absolute atomic E-state index is 0.